The van der Waals surface area contributed by atoms with Crippen LogP contribution in [0.5, 0.6) is 23.0 Å². The maximum absolute atomic E-state index is 15.2. The van der Waals surface area contributed by atoms with E-state index >= 15 is 52.7 Å². The summed E-state index contributed by atoms with van der Waals surface area (Å²) in [5.74, 6) is -7.38. The van der Waals surface area contributed by atoms with E-state index in [0.29, 0.717) is 54.4 Å². The molecule has 0 radical (unpaired) electrons. The van der Waals surface area contributed by atoms with Gasteiger partial charge in [-0.25, -0.2) is 26.3 Å². The van der Waals surface area contributed by atoms with Gasteiger partial charge in [0.05, 0.1) is 13.1 Å². The van der Waals surface area contributed by atoms with Gasteiger partial charge in [0.2, 0.25) is 10.8 Å². The second-order valence-corrected chi connectivity index (χ2v) is 25.2. The summed E-state index contributed by atoms with van der Waals surface area (Å²) in [5, 5.41) is 0. The van der Waals surface area contributed by atoms with Crippen molar-refractivity contribution in [3.8, 4) is 23.0 Å². The largest absolute Gasteiger partial charge is 0.473 e. The fraction of sp³-hybridized carbons (Fsp3) is 0.314. The third-order valence-electron chi connectivity index (χ3n) is 17.3. The van der Waals surface area contributed by atoms with E-state index in [9.17, 15) is 26.3 Å². The number of fused-ring (bicyclic) bond motifs is 4. The Morgan fingerprint density at radius 2 is 0.604 bits per heavy atom. The summed E-state index contributed by atoms with van der Waals surface area (Å²) in [7, 11) is 0. The number of anilines is 4. The van der Waals surface area contributed by atoms with E-state index in [4.69, 9.17) is 18.9 Å². The summed E-state index contributed by atoms with van der Waals surface area (Å²) in [5.41, 5.74) is -11.6. The van der Waals surface area contributed by atoms with Crippen LogP contribution in [0.4, 0.5) is 102 Å². The van der Waals surface area contributed by atoms with Gasteiger partial charge in [-0.2, -0.15) is 52.7 Å². The second kappa shape index (κ2) is 25.2. The van der Waals surface area contributed by atoms with Gasteiger partial charge in [0.15, 0.2) is 50.2 Å². The first kappa shape index (κ1) is 68.3. The lowest BCUT2D eigenvalue weighted by Crippen LogP contribution is -2.55. The van der Waals surface area contributed by atoms with Crippen molar-refractivity contribution in [3.05, 3.63) is 236 Å². The minimum atomic E-state index is -6.05. The summed E-state index contributed by atoms with van der Waals surface area (Å²) in [6, 6.07) is 26.9. The molecule has 0 atom stereocenters. The second-order valence-electron chi connectivity index (χ2n) is 25.2. The Balaban J connectivity index is 0.000000195. The van der Waals surface area contributed by atoms with E-state index in [2.05, 4.69) is 34.6 Å². The number of rotatable bonds is 10. The highest BCUT2D eigenvalue weighted by atomic mass is 19.4. The summed E-state index contributed by atoms with van der Waals surface area (Å²) >= 11 is 0. The minimum Gasteiger partial charge on any atom is -0.473 e. The molecule has 0 unspecified atom stereocenters. The third kappa shape index (κ3) is 12.7. The fourth-order valence-corrected chi connectivity index (χ4v) is 12.6. The van der Waals surface area contributed by atoms with E-state index in [0.717, 1.165) is 75.1 Å². The molecule has 0 saturated carbocycles. The van der Waals surface area contributed by atoms with Crippen LogP contribution >= 0.6 is 0 Å². The Hall–Kier alpha value is -9.10. The van der Waals surface area contributed by atoms with E-state index in [1.165, 1.54) is 12.1 Å². The van der Waals surface area contributed by atoms with Gasteiger partial charge in [0, 0.05) is 71.0 Å². The number of hydrogen-bond donors (Lipinski definition) is 0. The Morgan fingerprint density at radius 3 is 0.875 bits per heavy atom. The van der Waals surface area contributed by atoms with Crippen molar-refractivity contribution in [2.24, 2.45) is 5.92 Å². The average molecular weight is 1360 g/mol. The zero-order valence-corrected chi connectivity index (χ0v) is 51.5. The Kier molecular flexibility index (Phi) is 17.9. The van der Waals surface area contributed by atoms with E-state index in [1.54, 1.807) is 9.80 Å². The molecule has 0 spiro atoms. The lowest BCUT2D eigenvalue weighted by molar-refractivity contribution is -0.290. The summed E-state index contributed by atoms with van der Waals surface area (Å²) in [6.07, 6.45) is -22.7. The summed E-state index contributed by atoms with van der Waals surface area (Å²) in [6.45, 7) is 8.48. The van der Waals surface area contributed by atoms with Gasteiger partial charge in [0.1, 0.15) is 46.0 Å². The molecule has 8 aromatic rings. The lowest BCUT2D eigenvalue weighted by Gasteiger charge is -2.40. The van der Waals surface area contributed by atoms with Crippen LogP contribution in [0, 0.1) is 40.8 Å². The van der Waals surface area contributed by atoms with Crippen molar-refractivity contribution in [3.63, 3.8) is 0 Å². The van der Waals surface area contributed by atoms with Crippen molar-refractivity contribution in [1.29, 1.82) is 0 Å². The first-order valence-electron chi connectivity index (χ1n) is 29.8. The first-order valence-corrected chi connectivity index (χ1v) is 29.8. The van der Waals surface area contributed by atoms with Crippen LogP contribution in [-0.4, -0.2) is 51.6 Å². The lowest BCUT2D eigenvalue weighted by atomic mass is 9.72. The van der Waals surface area contributed by atoms with Crippen molar-refractivity contribution in [2.75, 3.05) is 46.5 Å². The normalized spacial score (nSPS) is 15.3. The molecule has 508 valence electrons. The molecule has 8 nitrogen and oxygen atoms in total. The molecule has 12 rings (SSSR count). The van der Waals surface area contributed by atoms with Crippen LogP contribution < -0.4 is 38.5 Å². The van der Waals surface area contributed by atoms with Gasteiger partial charge in [-0.3, -0.25) is 0 Å². The molecule has 8 aromatic carbocycles. The Bertz CT molecular complexity index is 4010. The molecule has 4 aliphatic rings. The highest BCUT2D eigenvalue weighted by Gasteiger charge is 2.74. The highest BCUT2D eigenvalue weighted by molar-refractivity contribution is 5.60. The number of benzene rings is 8. The fourth-order valence-electron chi connectivity index (χ4n) is 12.6. The van der Waals surface area contributed by atoms with Gasteiger partial charge < -0.3 is 38.5 Å². The number of nitrogens with zero attached hydrogens (tertiary/aromatic N) is 4. The molecule has 0 aliphatic carbocycles. The van der Waals surface area contributed by atoms with Gasteiger partial charge in [-0.15, -0.1) is 0 Å². The zero-order chi connectivity index (χ0) is 69.4. The van der Waals surface area contributed by atoms with Crippen molar-refractivity contribution in [2.45, 2.75) is 108 Å². The Labute approximate surface area is 538 Å². The molecule has 0 aromatic heterocycles. The third-order valence-corrected chi connectivity index (χ3v) is 17.3. The van der Waals surface area contributed by atoms with Gasteiger partial charge in [-0.05, 0) is 124 Å². The van der Waals surface area contributed by atoms with Crippen LogP contribution in [0.3, 0.4) is 0 Å². The van der Waals surface area contributed by atoms with Crippen LogP contribution in [0.25, 0.3) is 0 Å². The van der Waals surface area contributed by atoms with Crippen LogP contribution in [0.2, 0.25) is 0 Å². The van der Waals surface area contributed by atoms with Crippen molar-refractivity contribution >= 4 is 22.7 Å². The van der Waals surface area contributed by atoms with E-state index < -0.39 is 131 Å². The molecule has 0 saturated heterocycles. The number of alkyl halides is 12. The van der Waals surface area contributed by atoms with E-state index in [1.807, 2.05) is 48.5 Å². The van der Waals surface area contributed by atoms with Gasteiger partial charge in [0.25, 0.3) is 0 Å². The first-order chi connectivity index (χ1) is 45.0. The standard InChI is InChI=1S/C39H40F6N2O2.C31H18F12N2O2/c1-25(2)18-26-6-12-32(13-7-26)46-21-27-19-30(10-16-34(27)48-23-46)37(38(40,41)42,39(43,44)45)31-11-17-35-28(20-31)22-47(24-49-35)33-14-8-29(9-15-33)36(3,4)5;32-19-7-21(34)27(22(35)8-19)44-11-15-5-17(1-3-25(15)46-13-44)29(30(38,39)40,31(41,42)43)18-2-4-26-16(6-18)12-45(14-47-26)28-23(36)9-20(33)10-24(28)37/h6-17,19-20,25H,18,21-24H2,1-5H3;1-10H,11-14H2. The highest BCUT2D eigenvalue weighted by Crippen LogP contribution is 2.59. The van der Waals surface area contributed by atoms with Crippen molar-refractivity contribution in [1.82, 2.24) is 0 Å². The minimum absolute atomic E-state index is 0.0762. The predicted octanol–water partition coefficient (Wildman–Crippen LogP) is 19.0. The molecule has 4 heterocycles. The summed E-state index contributed by atoms with van der Waals surface area (Å²) in [4.78, 5) is 5.23. The van der Waals surface area contributed by atoms with Crippen molar-refractivity contribution < 1.29 is 98.0 Å². The maximum Gasteiger partial charge on any atom is 0.411 e. The average Bonchev–Trinajstić information content (AvgIpc) is 0.717. The zero-order valence-electron chi connectivity index (χ0n) is 51.5. The smallest absolute Gasteiger partial charge is 0.411 e. The van der Waals surface area contributed by atoms with Gasteiger partial charge >= 0.3 is 24.7 Å². The molecule has 26 heteroatoms. The number of hydrogen-bond acceptors (Lipinski definition) is 8. The SMILES string of the molecule is CC(C)Cc1ccc(N2COc3ccc(C(c4ccc5c(c4)CN(c4ccc(C(C)(C)C)cc4)CO5)(C(F)(F)F)C(F)(F)F)cc3C2)cc1.Fc1cc(F)c(N2COc3ccc(C(c4ccc5c(c4)CN(c4c(F)cc(F)cc4F)CO5)(C(F)(F)F)C(F)(F)F)cc3C2)c(F)c1. The number of halogens is 18. The predicted molar refractivity (Wildman–Crippen MR) is 321 cm³/mol. The quantitative estimate of drug-likeness (QED) is 0.126. The molecular formula is C70H58F18N4O4. The molecule has 0 fully saturated rings. The molecule has 0 bridgehead atoms. The molecule has 4 aliphatic heterocycles. The van der Waals surface area contributed by atoms with Crippen LogP contribution in [0.15, 0.2) is 146 Å². The summed E-state index contributed by atoms with van der Waals surface area (Å²) < 4.78 is 289. The van der Waals surface area contributed by atoms with Crippen LogP contribution in [-0.2, 0) is 48.8 Å². The molecule has 0 amide bonds. The van der Waals surface area contributed by atoms with E-state index in [-0.39, 0.29) is 77.2 Å². The molecule has 0 N–H and O–H groups in total. The molecular weight excluding hydrogens is 1300 g/mol. The monoisotopic (exact) mass is 1360 g/mol. The van der Waals surface area contributed by atoms with Crippen LogP contribution in [0.1, 0.15) is 90.3 Å². The molecule has 96 heavy (non-hydrogen) atoms. The number of ether oxygens (including phenoxy) is 4. The Morgan fingerprint density at radius 1 is 0.344 bits per heavy atom. The topological polar surface area (TPSA) is 49.9 Å². The maximum atomic E-state index is 15.2. The van der Waals surface area contributed by atoms with Gasteiger partial charge in [-0.1, -0.05) is 83.1 Å².